The Labute approximate surface area is 105 Å². The number of benzene rings is 1. The fraction of sp³-hybridized carbons (Fsp3) is 0.154. The third-order valence-electron chi connectivity index (χ3n) is 2.47. The van der Waals surface area contributed by atoms with Crippen LogP contribution in [0.15, 0.2) is 30.5 Å². The maximum Gasteiger partial charge on any atom is 0.167 e. The van der Waals surface area contributed by atoms with Crippen molar-refractivity contribution >= 4 is 17.2 Å². The maximum absolute atomic E-state index is 13.5. The molecule has 0 amide bonds. The fourth-order valence-electron chi connectivity index (χ4n) is 1.58. The molecule has 18 heavy (non-hydrogen) atoms. The van der Waals surface area contributed by atoms with Gasteiger partial charge in [0.25, 0.3) is 0 Å². The largest absolute Gasteiger partial charge is 0.494 e. The maximum atomic E-state index is 13.5. The summed E-state index contributed by atoms with van der Waals surface area (Å²) in [7, 11) is 1.42. The van der Waals surface area contributed by atoms with E-state index < -0.39 is 5.82 Å². The zero-order valence-corrected chi connectivity index (χ0v) is 10.2. The van der Waals surface area contributed by atoms with E-state index in [4.69, 9.17) is 10.5 Å². The molecule has 94 valence electrons. The molecule has 0 radical (unpaired) electrons. The van der Waals surface area contributed by atoms with Crippen LogP contribution < -0.4 is 15.8 Å². The second-order valence-corrected chi connectivity index (χ2v) is 3.92. The number of nitrogen functional groups attached to an aromatic ring is 1. The molecule has 3 N–H and O–H groups in total. The summed E-state index contributed by atoms with van der Waals surface area (Å²) in [6, 6.07) is 6.37. The molecule has 0 bridgehead atoms. The SMILES string of the molecule is COc1ccc(Nc2ncc(C)cc2N)cc1F. The van der Waals surface area contributed by atoms with E-state index in [-0.39, 0.29) is 5.75 Å². The highest BCUT2D eigenvalue weighted by Gasteiger charge is 2.06. The van der Waals surface area contributed by atoms with Crippen molar-refractivity contribution in [2.45, 2.75) is 6.92 Å². The minimum absolute atomic E-state index is 0.199. The van der Waals surface area contributed by atoms with Gasteiger partial charge in [-0.25, -0.2) is 9.37 Å². The first-order valence-corrected chi connectivity index (χ1v) is 5.43. The number of nitrogens with one attached hydrogen (secondary N) is 1. The Kier molecular flexibility index (Phi) is 3.32. The van der Waals surface area contributed by atoms with E-state index in [0.717, 1.165) is 5.56 Å². The summed E-state index contributed by atoms with van der Waals surface area (Å²) in [4.78, 5) is 4.16. The van der Waals surface area contributed by atoms with Crippen LogP contribution >= 0.6 is 0 Å². The van der Waals surface area contributed by atoms with Gasteiger partial charge in [-0.05, 0) is 30.7 Å². The summed E-state index contributed by atoms with van der Waals surface area (Å²) in [5.74, 6) is 0.267. The van der Waals surface area contributed by atoms with E-state index >= 15 is 0 Å². The molecule has 0 unspecified atom stereocenters. The molecule has 0 spiro atoms. The van der Waals surface area contributed by atoms with Crippen molar-refractivity contribution in [3.63, 3.8) is 0 Å². The van der Waals surface area contributed by atoms with E-state index in [1.807, 2.05) is 6.92 Å². The molecule has 1 aromatic heterocycles. The van der Waals surface area contributed by atoms with Crippen molar-refractivity contribution in [3.05, 3.63) is 41.8 Å². The van der Waals surface area contributed by atoms with Gasteiger partial charge in [-0.1, -0.05) is 0 Å². The van der Waals surface area contributed by atoms with Crippen molar-refractivity contribution in [3.8, 4) is 5.75 Å². The number of hydrogen-bond donors (Lipinski definition) is 2. The van der Waals surface area contributed by atoms with Crippen LogP contribution in [0.3, 0.4) is 0 Å². The molecule has 4 nitrogen and oxygen atoms in total. The van der Waals surface area contributed by atoms with Gasteiger partial charge in [0, 0.05) is 18.0 Å². The first-order chi connectivity index (χ1) is 8.60. The zero-order chi connectivity index (χ0) is 13.1. The van der Waals surface area contributed by atoms with Gasteiger partial charge in [0.05, 0.1) is 12.8 Å². The Bertz CT molecular complexity index is 572. The third kappa shape index (κ3) is 2.51. The Morgan fingerprint density at radius 1 is 1.33 bits per heavy atom. The predicted octanol–water partition coefficient (Wildman–Crippen LogP) is 2.86. The molecule has 0 fully saturated rings. The first kappa shape index (κ1) is 12.2. The minimum Gasteiger partial charge on any atom is -0.494 e. The number of nitrogens with zero attached hydrogens (tertiary/aromatic N) is 1. The number of aryl methyl sites for hydroxylation is 1. The van der Waals surface area contributed by atoms with Crippen molar-refractivity contribution in [2.24, 2.45) is 0 Å². The van der Waals surface area contributed by atoms with Gasteiger partial charge >= 0.3 is 0 Å². The summed E-state index contributed by atoms with van der Waals surface area (Å²) >= 11 is 0. The third-order valence-corrected chi connectivity index (χ3v) is 2.47. The predicted molar refractivity (Wildman–Crippen MR) is 69.6 cm³/mol. The highest BCUT2D eigenvalue weighted by Crippen LogP contribution is 2.25. The Morgan fingerprint density at radius 3 is 2.72 bits per heavy atom. The summed E-state index contributed by atoms with van der Waals surface area (Å²) < 4.78 is 18.3. The van der Waals surface area contributed by atoms with Crippen LogP contribution in [0.4, 0.5) is 21.6 Å². The van der Waals surface area contributed by atoms with Crippen molar-refractivity contribution in [2.75, 3.05) is 18.2 Å². The van der Waals surface area contributed by atoms with Gasteiger partial charge in [0.1, 0.15) is 0 Å². The number of nitrogens with two attached hydrogens (primary N) is 1. The van der Waals surface area contributed by atoms with Crippen molar-refractivity contribution in [1.82, 2.24) is 4.98 Å². The Balaban J connectivity index is 2.26. The Hall–Kier alpha value is -2.30. The van der Waals surface area contributed by atoms with Crippen LogP contribution in [-0.4, -0.2) is 12.1 Å². The smallest absolute Gasteiger partial charge is 0.167 e. The van der Waals surface area contributed by atoms with Crippen molar-refractivity contribution in [1.29, 1.82) is 0 Å². The van der Waals surface area contributed by atoms with E-state index in [1.54, 1.807) is 24.4 Å². The topological polar surface area (TPSA) is 60.2 Å². The molecule has 2 aromatic rings. The molecule has 0 saturated heterocycles. The van der Waals surface area contributed by atoms with Crippen LogP contribution in [0.5, 0.6) is 5.75 Å². The van der Waals surface area contributed by atoms with E-state index in [0.29, 0.717) is 17.2 Å². The van der Waals surface area contributed by atoms with E-state index in [9.17, 15) is 4.39 Å². The monoisotopic (exact) mass is 247 g/mol. The molecule has 0 saturated carbocycles. The molecular formula is C13H14FN3O. The van der Waals surface area contributed by atoms with Gasteiger partial charge in [-0.2, -0.15) is 0 Å². The van der Waals surface area contributed by atoms with Gasteiger partial charge in [0.15, 0.2) is 17.4 Å². The molecule has 0 aliphatic rings. The normalized spacial score (nSPS) is 10.2. The number of halogens is 1. The number of methoxy groups -OCH3 is 1. The van der Waals surface area contributed by atoms with Crippen molar-refractivity contribution < 1.29 is 9.13 Å². The molecule has 0 atom stereocenters. The second-order valence-electron chi connectivity index (χ2n) is 3.92. The van der Waals surface area contributed by atoms with Crippen LogP contribution in [0.1, 0.15) is 5.56 Å². The molecule has 1 heterocycles. The number of anilines is 3. The number of rotatable bonds is 3. The molecule has 0 aliphatic carbocycles. The summed E-state index contributed by atoms with van der Waals surface area (Å²) in [6.07, 6.45) is 1.69. The summed E-state index contributed by atoms with van der Waals surface area (Å²) in [5.41, 5.74) is 7.88. The quantitative estimate of drug-likeness (QED) is 0.875. The fourth-order valence-corrected chi connectivity index (χ4v) is 1.58. The average Bonchev–Trinajstić information content (AvgIpc) is 2.33. The summed E-state index contributed by atoms with van der Waals surface area (Å²) in [5, 5.41) is 2.96. The van der Waals surface area contributed by atoms with Crippen LogP contribution in [0.25, 0.3) is 0 Å². The highest BCUT2D eigenvalue weighted by atomic mass is 19.1. The van der Waals surface area contributed by atoms with E-state index in [1.165, 1.54) is 13.2 Å². The number of ether oxygens (including phenoxy) is 1. The van der Waals surface area contributed by atoms with Crippen LogP contribution in [0, 0.1) is 12.7 Å². The lowest BCUT2D eigenvalue weighted by Gasteiger charge is -2.10. The number of pyridine rings is 1. The standard InChI is InChI=1S/C13H14FN3O/c1-8-5-11(15)13(16-7-8)17-9-3-4-12(18-2)10(14)6-9/h3-7H,15H2,1-2H3,(H,16,17). The number of aromatic nitrogens is 1. The molecule has 2 rings (SSSR count). The number of hydrogen-bond acceptors (Lipinski definition) is 4. The lowest BCUT2D eigenvalue weighted by Crippen LogP contribution is -2.00. The first-order valence-electron chi connectivity index (χ1n) is 5.43. The van der Waals surface area contributed by atoms with Gasteiger partial charge in [-0.3, -0.25) is 0 Å². The average molecular weight is 247 g/mol. The lowest BCUT2D eigenvalue weighted by atomic mass is 10.2. The van der Waals surface area contributed by atoms with Crippen LogP contribution in [-0.2, 0) is 0 Å². The highest BCUT2D eigenvalue weighted by molar-refractivity contribution is 5.69. The minimum atomic E-state index is -0.437. The second kappa shape index (κ2) is 4.91. The molecule has 5 heteroatoms. The Morgan fingerprint density at radius 2 is 2.11 bits per heavy atom. The zero-order valence-electron chi connectivity index (χ0n) is 10.2. The van der Waals surface area contributed by atoms with Gasteiger partial charge in [-0.15, -0.1) is 0 Å². The molecule has 0 aliphatic heterocycles. The van der Waals surface area contributed by atoms with E-state index in [2.05, 4.69) is 10.3 Å². The molecule has 1 aromatic carbocycles. The van der Waals surface area contributed by atoms with Gasteiger partial charge in [0.2, 0.25) is 0 Å². The summed E-state index contributed by atoms with van der Waals surface area (Å²) in [6.45, 7) is 1.90. The van der Waals surface area contributed by atoms with Crippen LogP contribution in [0.2, 0.25) is 0 Å². The van der Waals surface area contributed by atoms with Gasteiger partial charge < -0.3 is 15.8 Å². The molecular weight excluding hydrogens is 233 g/mol. The lowest BCUT2D eigenvalue weighted by molar-refractivity contribution is 0.386.